The van der Waals surface area contributed by atoms with Crippen LogP contribution in [-0.2, 0) is 22.3 Å². The van der Waals surface area contributed by atoms with Crippen LogP contribution in [-0.4, -0.2) is 20.5 Å². The van der Waals surface area contributed by atoms with Gasteiger partial charge in [-0.1, -0.05) is 12.1 Å². The Morgan fingerprint density at radius 2 is 1.70 bits per heavy atom. The maximum atomic E-state index is 11.9. The third kappa shape index (κ3) is 4.32. The number of nitrogens with zero attached hydrogens (tertiary/aromatic N) is 1. The Balaban J connectivity index is 1.95. The third-order valence-corrected chi connectivity index (χ3v) is 4.06. The molecule has 0 radical (unpaired) electrons. The van der Waals surface area contributed by atoms with Gasteiger partial charge in [-0.3, -0.25) is 4.98 Å². The summed E-state index contributed by atoms with van der Waals surface area (Å²) in [5.41, 5.74) is 1.59. The summed E-state index contributed by atoms with van der Waals surface area (Å²) >= 11 is 0. The standard InChI is InChI=1S/C14H16N2O3S/c1-19-14-4-2-12(3-5-14)10-16-20(17,18)11-13-6-8-15-9-7-13/h2-9,16H,10-11H2,1H3. The van der Waals surface area contributed by atoms with Gasteiger partial charge in [-0.05, 0) is 35.4 Å². The zero-order valence-corrected chi connectivity index (χ0v) is 11.9. The van der Waals surface area contributed by atoms with Gasteiger partial charge in [0.15, 0.2) is 0 Å². The third-order valence-electron chi connectivity index (χ3n) is 2.76. The van der Waals surface area contributed by atoms with Gasteiger partial charge in [-0.2, -0.15) is 0 Å². The second kappa shape index (κ2) is 6.49. The van der Waals surface area contributed by atoms with E-state index in [1.165, 1.54) is 0 Å². The summed E-state index contributed by atoms with van der Waals surface area (Å²) in [4.78, 5) is 3.86. The summed E-state index contributed by atoms with van der Waals surface area (Å²) in [6.45, 7) is 0.261. The van der Waals surface area contributed by atoms with Gasteiger partial charge in [0.05, 0.1) is 12.9 Å². The summed E-state index contributed by atoms with van der Waals surface area (Å²) in [5.74, 6) is 0.694. The summed E-state index contributed by atoms with van der Waals surface area (Å²) in [6.07, 6.45) is 3.16. The molecule has 0 aliphatic heterocycles. The Labute approximate surface area is 118 Å². The highest BCUT2D eigenvalue weighted by molar-refractivity contribution is 7.88. The van der Waals surface area contributed by atoms with E-state index in [1.807, 2.05) is 12.1 Å². The van der Waals surface area contributed by atoms with E-state index in [1.54, 1.807) is 43.8 Å². The van der Waals surface area contributed by atoms with E-state index in [0.29, 0.717) is 5.56 Å². The van der Waals surface area contributed by atoms with Crippen molar-refractivity contribution >= 4 is 10.0 Å². The lowest BCUT2D eigenvalue weighted by atomic mass is 10.2. The number of aromatic nitrogens is 1. The lowest BCUT2D eigenvalue weighted by molar-refractivity contribution is 0.414. The van der Waals surface area contributed by atoms with Crippen molar-refractivity contribution < 1.29 is 13.2 Å². The second-order valence-electron chi connectivity index (χ2n) is 4.28. The molecule has 0 spiro atoms. The first-order valence-electron chi connectivity index (χ1n) is 6.08. The molecule has 1 aromatic heterocycles. The van der Waals surface area contributed by atoms with Crippen molar-refractivity contribution in [3.63, 3.8) is 0 Å². The van der Waals surface area contributed by atoms with Crippen LogP contribution in [0.3, 0.4) is 0 Å². The molecule has 0 saturated heterocycles. The first-order chi connectivity index (χ1) is 9.59. The highest BCUT2D eigenvalue weighted by atomic mass is 32.2. The van der Waals surface area contributed by atoms with Gasteiger partial charge < -0.3 is 4.74 Å². The summed E-state index contributed by atoms with van der Waals surface area (Å²) in [5, 5.41) is 0. The van der Waals surface area contributed by atoms with E-state index < -0.39 is 10.0 Å². The minimum absolute atomic E-state index is 0.0499. The van der Waals surface area contributed by atoms with Gasteiger partial charge in [0.2, 0.25) is 10.0 Å². The normalized spacial score (nSPS) is 11.2. The Bertz CT molecular complexity index is 640. The number of rotatable bonds is 6. The number of sulfonamides is 1. The highest BCUT2D eigenvalue weighted by Gasteiger charge is 2.11. The Morgan fingerprint density at radius 1 is 1.05 bits per heavy atom. The van der Waals surface area contributed by atoms with Crippen LogP contribution in [0.5, 0.6) is 5.75 Å². The van der Waals surface area contributed by atoms with Crippen LogP contribution in [0, 0.1) is 0 Å². The van der Waals surface area contributed by atoms with Crippen LogP contribution in [0.1, 0.15) is 11.1 Å². The van der Waals surface area contributed by atoms with E-state index >= 15 is 0 Å². The minimum Gasteiger partial charge on any atom is -0.497 e. The average molecular weight is 292 g/mol. The molecule has 6 heteroatoms. The predicted molar refractivity (Wildman–Crippen MR) is 76.7 cm³/mol. The van der Waals surface area contributed by atoms with Crippen LogP contribution in [0.15, 0.2) is 48.8 Å². The molecule has 0 aliphatic rings. The van der Waals surface area contributed by atoms with E-state index in [-0.39, 0.29) is 12.3 Å². The fourth-order valence-electron chi connectivity index (χ4n) is 1.69. The van der Waals surface area contributed by atoms with Crippen molar-refractivity contribution in [2.75, 3.05) is 7.11 Å². The van der Waals surface area contributed by atoms with Crippen LogP contribution in [0.25, 0.3) is 0 Å². The van der Waals surface area contributed by atoms with Crippen molar-refractivity contribution in [2.45, 2.75) is 12.3 Å². The molecule has 0 fully saturated rings. The Kier molecular flexibility index (Phi) is 4.70. The van der Waals surface area contributed by atoms with Gasteiger partial charge in [-0.25, -0.2) is 13.1 Å². The monoisotopic (exact) mass is 292 g/mol. The molecule has 0 bridgehead atoms. The first kappa shape index (κ1) is 14.5. The highest BCUT2D eigenvalue weighted by Crippen LogP contribution is 2.11. The molecule has 20 heavy (non-hydrogen) atoms. The molecule has 0 amide bonds. The number of hydrogen-bond donors (Lipinski definition) is 1. The van der Waals surface area contributed by atoms with Gasteiger partial charge in [0.25, 0.3) is 0 Å². The molecule has 5 nitrogen and oxygen atoms in total. The largest absolute Gasteiger partial charge is 0.497 e. The van der Waals surface area contributed by atoms with Gasteiger partial charge in [0, 0.05) is 18.9 Å². The first-order valence-corrected chi connectivity index (χ1v) is 7.73. The smallest absolute Gasteiger partial charge is 0.216 e. The second-order valence-corrected chi connectivity index (χ2v) is 6.09. The molecule has 1 N–H and O–H groups in total. The van der Waals surface area contributed by atoms with Gasteiger partial charge in [-0.15, -0.1) is 0 Å². The van der Waals surface area contributed by atoms with E-state index in [2.05, 4.69) is 9.71 Å². The summed E-state index contributed by atoms with van der Waals surface area (Å²) in [7, 11) is -1.77. The molecule has 106 valence electrons. The van der Waals surface area contributed by atoms with Crippen LogP contribution >= 0.6 is 0 Å². The quantitative estimate of drug-likeness (QED) is 0.880. The lowest BCUT2D eigenvalue weighted by Gasteiger charge is -2.07. The SMILES string of the molecule is COc1ccc(CNS(=O)(=O)Cc2ccncc2)cc1. The number of hydrogen-bond acceptors (Lipinski definition) is 4. The molecule has 0 unspecified atom stereocenters. The minimum atomic E-state index is -3.36. The van der Waals surface area contributed by atoms with Crippen molar-refractivity contribution in [1.29, 1.82) is 0 Å². The van der Waals surface area contributed by atoms with Crippen molar-refractivity contribution in [3.8, 4) is 5.75 Å². The molecule has 0 saturated carbocycles. The fraction of sp³-hybridized carbons (Fsp3) is 0.214. The molecule has 2 aromatic rings. The molecule has 0 atom stereocenters. The zero-order valence-electron chi connectivity index (χ0n) is 11.1. The molecule has 1 heterocycles. The van der Waals surface area contributed by atoms with Crippen molar-refractivity contribution in [3.05, 3.63) is 59.9 Å². The number of pyridine rings is 1. The number of ether oxygens (including phenoxy) is 1. The molecular weight excluding hydrogens is 276 g/mol. The van der Waals surface area contributed by atoms with Crippen molar-refractivity contribution in [1.82, 2.24) is 9.71 Å². The molecule has 1 aromatic carbocycles. The topological polar surface area (TPSA) is 68.3 Å². The van der Waals surface area contributed by atoms with Crippen LogP contribution < -0.4 is 9.46 Å². The molecule has 0 aliphatic carbocycles. The zero-order chi connectivity index (χ0) is 14.4. The van der Waals surface area contributed by atoms with Gasteiger partial charge in [0.1, 0.15) is 5.75 Å². The lowest BCUT2D eigenvalue weighted by Crippen LogP contribution is -2.24. The Hall–Kier alpha value is -1.92. The maximum Gasteiger partial charge on any atom is 0.216 e. The van der Waals surface area contributed by atoms with Crippen LogP contribution in [0.4, 0.5) is 0 Å². The van der Waals surface area contributed by atoms with Gasteiger partial charge >= 0.3 is 0 Å². The van der Waals surface area contributed by atoms with E-state index in [0.717, 1.165) is 11.3 Å². The maximum absolute atomic E-state index is 11.9. The number of methoxy groups -OCH3 is 1. The number of nitrogens with one attached hydrogen (secondary N) is 1. The van der Waals surface area contributed by atoms with Crippen molar-refractivity contribution in [2.24, 2.45) is 0 Å². The van der Waals surface area contributed by atoms with E-state index in [4.69, 9.17) is 4.74 Å². The summed E-state index contributed by atoms with van der Waals surface area (Å²) < 4.78 is 31.5. The van der Waals surface area contributed by atoms with Crippen LogP contribution in [0.2, 0.25) is 0 Å². The summed E-state index contributed by atoms with van der Waals surface area (Å²) in [6, 6.07) is 10.6. The fourth-order valence-corrected chi connectivity index (χ4v) is 2.81. The Morgan fingerprint density at radius 3 is 2.30 bits per heavy atom. The predicted octanol–water partition coefficient (Wildman–Crippen LogP) is 1.71. The number of benzene rings is 1. The molecular formula is C14H16N2O3S. The average Bonchev–Trinajstić information content (AvgIpc) is 2.46. The van der Waals surface area contributed by atoms with E-state index in [9.17, 15) is 8.42 Å². The molecule has 2 rings (SSSR count).